The number of benzene rings is 2. The van der Waals surface area contributed by atoms with Crippen LogP contribution in [0, 0.1) is 5.82 Å². The van der Waals surface area contributed by atoms with Gasteiger partial charge in [-0.15, -0.1) is 0 Å². The molecule has 2 rings (SSSR count). The molecule has 0 aromatic heterocycles. The molecule has 3 N–H and O–H groups in total. The monoisotopic (exact) mass is 379 g/mol. The summed E-state index contributed by atoms with van der Waals surface area (Å²) in [6.45, 7) is 3.54. The van der Waals surface area contributed by atoms with Gasteiger partial charge in [-0.1, -0.05) is 12.1 Å². The van der Waals surface area contributed by atoms with Crippen LogP contribution in [0.1, 0.15) is 25.5 Å². The van der Waals surface area contributed by atoms with Crippen molar-refractivity contribution in [3.8, 4) is 0 Å². The van der Waals surface area contributed by atoms with Crippen molar-refractivity contribution in [2.75, 3.05) is 16.3 Å². The lowest BCUT2D eigenvalue weighted by atomic mass is 10.1. The van der Waals surface area contributed by atoms with E-state index in [-0.39, 0.29) is 17.8 Å². The number of amides is 1. The number of anilines is 2. The fourth-order valence-corrected chi connectivity index (χ4v) is 2.90. The molecule has 0 bridgehead atoms. The average molecular weight is 379 g/mol. The molecule has 1 amide bonds. The number of hydrogen-bond acceptors (Lipinski definition) is 4. The number of hydrogen-bond donors (Lipinski definition) is 3. The molecule has 0 aliphatic heterocycles. The Morgan fingerprint density at radius 2 is 1.50 bits per heavy atom. The minimum atomic E-state index is -3.33. The van der Waals surface area contributed by atoms with E-state index in [1.807, 2.05) is 6.92 Å². The molecule has 0 aliphatic carbocycles. The summed E-state index contributed by atoms with van der Waals surface area (Å²) in [6.07, 6.45) is 1.08. The third kappa shape index (κ3) is 6.03. The summed E-state index contributed by atoms with van der Waals surface area (Å²) < 4.78 is 37.7. The molecule has 0 fully saturated rings. The van der Waals surface area contributed by atoms with Crippen LogP contribution in [-0.2, 0) is 14.8 Å². The predicted molar refractivity (Wildman–Crippen MR) is 101 cm³/mol. The molecule has 2 atom stereocenters. The number of rotatable bonds is 7. The van der Waals surface area contributed by atoms with Crippen LogP contribution in [0.2, 0.25) is 0 Å². The van der Waals surface area contributed by atoms with Crippen molar-refractivity contribution in [1.82, 2.24) is 5.32 Å². The van der Waals surface area contributed by atoms with Crippen molar-refractivity contribution in [3.05, 3.63) is 59.9 Å². The summed E-state index contributed by atoms with van der Waals surface area (Å²) >= 11 is 0. The van der Waals surface area contributed by atoms with Crippen LogP contribution in [0.15, 0.2) is 48.5 Å². The third-order valence-electron chi connectivity index (χ3n) is 3.69. The summed E-state index contributed by atoms with van der Waals surface area (Å²) in [7, 11) is -3.33. The number of carbonyl (C=O) groups excluding carboxylic acids is 1. The van der Waals surface area contributed by atoms with E-state index in [1.54, 1.807) is 43.3 Å². The normalized spacial score (nSPS) is 13.5. The van der Waals surface area contributed by atoms with Gasteiger partial charge in [-0.3, -0.25) is 9.52 Å². The lowest BCUT2D eigenvalue weighted by Crippen LogP contribution is -2.38. The number of carbonyl (C=O) groups is 1. The zero-order valence-corrected chi connectivity index (χ0v) is 15.6. The first-order chi connectivity index (χ1) is 12.1. The summed E-state index contributed by atoms with van der Waals surface area (Å²) in [6, 6.07) is 11.8. The first-order valence-electron chi connectivity index (χ1n) is 8.04. The summed E-state index contributed by atoms with van der Waals surface area (Å²) in [4.78, 5) is 12.3. The minimum absolute atomic E-state index is 0.208. The zero-order valence-electron chi connectivity index (χ0n) is 14.8. The van der Waals surface area contributed by atoms with Gasteiger partial charge < -0.3 is 10.6 Å². The lowest BCUT2D eigenvalue weighted by molar-refractivity contribution is -0.122. The number of halogens is 1. The lowest BCUT2D eigenvalue weighted by Gasteiger charge is -2.19. The Kier molecular flexibility index (Phi) is 6.20. The van der Waals surface area contributed by atoms with Gasteiger partial charge in [-0.25, -0.2) is 12.8 Å². The van der Waals surface area contributed by atoms with Crippen molar-refractivity contribution < 1.29 is 17.6 Å². The Balaban J connectivity index is 1.93. The second-order valence-electron chi connectivity index (χ2n) is 6.10. The van der Waals surface area contributed by atoms with Gasteiger partial charge >= 0.3 is 0 Å². The van der Waals surface area contributed by atoms with Crippen LogP contribution in [0.3, 0.4) is 0 Å². The number of sulfonamides is 1. The van der Waals surface area contributed by atoms with Gasteiger partial charge in [0.15, 0.2) is 0 Å². The van der Waals surface area contributed by atoms with Crippen LogP contribution in [0.25, 0.3) is 0 Å². The van der Waals surface area contributed by atoms with Crippen molar-refractivity contribution in [1.29, 1.82) is 0 Å². The molecule has 0 saturated heterocycles. The first kappa shape index (κ1) is 19.7. The molecular formula is C18H22FN3O3S. The van der Waals surface area contributed by atoms with E-state index >= 15 is 0 Å². The first-order valence-corrected chi connectivity index (χ1v) is 9.93. The highest BCUT2D eigenvalue weighted by atomic mass is 32.2. The molecule has 0 aliphatic rings. The van der Waals surface area contributed by atoms with E-state index in [0.29, 0.717) is 11.4 Å². The largest absolute Gasteiger partial charge is 0.374 e. The zero-order chi connectivity index (χ0) is 19.3. The Morgan fingerprint density at radius 1 is 0.962 bits per heavy atom. The quantitative estimate of drug-likeness (QED) is 0.690. The van der Waals surface area contributed by atoms with E-state index in [2.05, 4.69) is 15.4 Å². The molecule has 0 heterocycles. The second-order valence-corrected chi connectivity index (χ2v) is 7.85. The van der Waals surface area contributed by atoms with Gasteiger partial charge in [-0.05, 0) is 55.8 Å². The van der Waals surface area contributed by atoms with Crippen LogP contribution in [-0.4, -0.2) is 26.6 Å². The van der Waals surface area contributed by atoms with E-state index in [1.165, 1.54) is 12.1 Å². The van der Waals surface area contributed by atoms with Gasteiger partial charge in [0.2, 0.25) is 15.9 Å². The fraction of sp³-hybridized carbons (Fsp3) is 0.278. The highest BCUT2D eigenvalue weighted by molar-refractivity contribution is 7.92. The SMILES string of the molecule is C[C@H](NC(=O)[C@@H](C)Nc1ccc(NS(C)(=O)=O)cc1)c1ccc(F)cc1. The van der Waals surface area contributed by atoms with E-state index in [9.17, 15) is 17.6 Å². The van der Waals surface area contributed by atoms with Crippen LogP contribution in [0.4, 0.5) is 15.8 Å². The van der Waals surface area contributed by atoms with Gasteiger partial charge in [0.05, 0.1) is 12.3 Å². The van der Waals surface area contributed by atoms with Crippen LogP contribution < -0.4 is 15.4 Å². The van der Waals surface area contributed by atoms with Gasteiger partial charge in [0.1, 0.15) is 11.9 Å². The van der Waals surface area contributed by atoms with Crippen molar-refractivity contribution in [2.24, 2.45) is 0 Å². The summed E-state index contributed by atoms with van der Waals surface area (Å²) in [5, 5.41) is 5.91. The molecule has 0 unspecified atom stereocenters. The van der Waals surface area contributed by atoms with Crippen LogP contribution >= 0.6 is 0 Å². The van der Waals surface area contributed by atoms with Crippen molar-refractivity contribution in [2.45, 2.75) is 25.9 Å². The second kappa shape index (κ2) is 8.18. The summed E-state index contributed by atoms with van der Waals surface area (Å²) in [5.41, 5.74) is 1.93. The van der Waals surface area contributed by atoms with E-state index in [0.717, 1.165) is 11.8 Å². The Labute approximate surface area is 152 Å². The molecule has 8 heteroatoms. The highest BCUT2D eigenvalue weighted by Crippen LogP contribution is 2.16. The average Bonchev–Trinajstić information content (AvgIpc) is 2.55. The molecule has 6 nitrogen and oxygen atoms in total. The van der Waals surface area contributed by atoms with E-state index in [4.69, 9.17) is 0 Å². The van der Waals surface area contributed by atoms with Crippen molar-refractivity contribution in [3.63, 3.8) is 0 Å². The molecule has 140 valence electrons. The standard InChI is InChI=1S/C18H22FN3O3S/c1-12(14-4-6-15(19)7-5-14)21-18(23)13(2)20-16-8-10-17(11-9-16)22-26(3,24)25/h4-13,20,22H,1-3H3,(H,21,23)/t12-,13+/m0/s1. The highest BCUT2D eigenvalue weighted by Gasteiger charge is 2.16. The predicted octanol–water partition coefficient (Wildman–Crippen LogP) is 2.88. The van der Waals surface area contributed by atoms with Gasteiger partial charge in [0.25, 0.3) is 0 Å². The maximum absolute atomic E-state index is 13.0. The van der Waals surface area contributed by atoms with Gasteiger partial charge in [-0.2, -0.15) is 0 Å². The van der Waals surface area contributed by atoms with Crippen LogP contribution in [0.5, 0.6) is 0 Å². The topological polar surface area (TPSA) is 87.3 Å². The molecule has 26 heavy (non-hydrogen) atoms. The molecule has 2 aromatic rings. The molecule has 2 aromatic carbocycles. The van der Waals surface area contributed by atoms with Crippen molar-refractivity contribution >= 4 is 27.3 Å². The van der Waals surface area contributed by atoms with E-state index < -0.39 is 16.1 Å². The number of nitrogens with one attached hydrogen (secondary N) is 3. The van der Waals surface area contributed by atoms with Gasteiger partial charge in [0, 0.05) is 11.4 Å². The summed E-state index contributed by atoms with van der Waals surface area (Å²) in [5.74, 6) is -0.531. The maximum Gasteiger partial charge on any atom is 0.242 e. The molecule has 0 radical (unpaired) electrons. The molecule has 0 saturated carbocycles. The fourth-order valence-electron chi connectivity index (χ4n) is 2.34. The maximum atomic E-state index is 13.0. The molecule has 0 spiro atoms. The smallest absolute Gasteiger partial charge is 0.242 e. The Bertz CT molecular complexity index is 852. The molecular weight excluding hydrogens is 357 g/mol. The minimum Gasteiger partial charge on any atom is -0.374 e. The third-order valence-corrected chi connectivity index (χ3v) is 4.30. The Hall–Kier alpha value is -2.61. The Morgan fingerprint density at radius 3 is 2.04 bits per heavy atom.